The first-order valence-electron chi connectivity index (χ1n) is 24.1. The maximum absolute atomic E-state index is 9.26. The van der Waals surface area contributed by atoms with Gasteiger partial charge >= 0.3 is 0 Å². The van der Waals surface area contributed by atoms with Gasteiger partial charge in [0.25, 0.3) is 0 Å². The Morgan fingerprint density at radius 1 is 0.619 bits per heavy atom. The molecule has 2 nitrogen and oxygen atoms in total. The molecule has 1 unspecified atom stereocenters. The molecule has 0 aliphatic heterocycles. The standard InChI is InChI=1S/C33H26NS.C25H30NSi.Ir/c1-21(2)29-19-30(34-20-22(29)3)27-17-16-26(24-12-8-5-9-13-24)32-28-15-14-25(18-31(28)35-33(27)32)23-10-6-4-7-11-23;1-18(2)20-12-14-22(15-13-20)24-16-23(25(17-26-24)27(4,5)6)19(3)21-10-8-7-9-11-21;/h4-16,18-21H,1-3H3;7-14,16-19H,1-6H3;/q2*-1;/i3D3,21D;18D,19D;. The van der Waals surface area contributed by atoms with Gasteiger partial charge in [-0.1, -0.05) is 192 Å². The van der Waals surface area contributed by atoms with Gasteiger partial charge in [0.2, 0.25) is 0 Å². The predicted molar refractivity (Wildman–Crippen MR) is 271 cm³/mol. The molecule has 0 N–H and O–H groups in total. The third kappa shape index (κ3) is 9.93. The topological polar surface area (TPSA) is 25.8 Å². The monoisotopic (exact) mass is 1040 g/mol. The molecule has 3 heterocycles. The molecule has 0 saturated heterocycles. The third-order valence-corrected chi connectivity index (χ3v) is 14.6. The van der Waals surface area contributed by atoms with E-state index in [1.54, 1.807) is 31.3 Å². The summed E-state index contributed by atoms with van der Waals surface area (Å²) in [5.74, 6) is -2.62. The molecule has 0 bridgehead atoms. The summed E-state index contributed by atoms with van der Waals surface area (Å²) in [4.78, 5) is 9.36. The minimum Gasteiger partial charge on any atom is -0.305 e. The number of rotatable bonds is 9. The quantitative estimate of drug-likeness (QED) is 0.106. The summed E-state index contributed by atoms with van der Waals surface area (Å²) < 4.78 is 52.3. The molecule has 0 amide bonds. The molecule has 5 heteroatoms. The van der Waals surface area contributed by atoms with Crippen LogP contribution in [0.2, 0.25) is 19.6 Å². The van der Waals surface area contributed by atoms with Crippen LogP contribution < -0.4 is 5.19 Å². The molecule has 3 aromatic heterocycles. The smallest absolute Gasteiger partial charge is 0.0799 e. The van der Waals surface area contributed by atoms with Gasteiger partial charge < -0.3 is 9.97 Å². The summed E-state index contributed by atoms with van der Waals surface area (Å²) in [6.45, 7) is 13.7. The zero-order valence-electron chi connectivity index (χ0n) is 43.1. The minimum absolute atomic E-state index is 0. The van der Waals surface area contributed by atoms with Crippen LogP contribution in [-0.4, -0.2) is 18.0 Å². The molecule has 1 radical (unpaired) electrons. The van der Waals surface area contributed by atoms with Crippen molar-refractivity contribution < 1.29 is 28.3 Å². The van der Waals surface area contributed by atoms with E-state index in [0.29, 0.717) is 11.3 Å². The van der Waals surface area contributed by atoms with Crippen LogP contribution in [0, 0.1) is 19.0 Å². The molecule has 0 saturated carbocycles. The van der Waals surface area contributed by atoms with Gasteiger partial charge in [-0.3, -0.25) is 0 Å². The molecule has 9 aromatic rings. The van der Waals surface area contributed by atoms with Crippen LogP contribution in [0.4, 0.5) is 0 Å². The van der Waals surface area contributed by atoms with Crippen molar-refractivity contribution in [2.75, 3.05) is 0 Å². The SMILES string of the molecule is [2H]C(C)(C)c1c[c-]c(-c2cc(C([2H])(C)c3ccccc3)c([Si](C)(C)C)cn2)cc1.[2H]C([2H])([2H])c1cnc(-c2[c-]cc(-c3ccccc3)c3c2sc2cc(-c4ccccc4)ccc23)cc1C([2H])(C)C.[Ir]. The van der Waals surface area contributed by atoms with E-state index in [1.165, 1.54) is 11.4 Å². The average Bonchev–Trinajstić information content (AvgIpc) is 3.70. The van der Waals surface area contributed by atoms with Crippen LogP contribution in [0.15, 0.2) is 158 Å². The van der Waals surface area contributed by atoms with Gasteiger partial charge in [0.15, 0.2) is 0 Å². The van der Waals surface area contributed by atoms with Crippen molar-refractivity contribution in [3.63, 3.8) is 0 Å². The number of benzene rings is 6. The molecular formula is C58H56IrN2SSi-2. The number of aryl methyl sites for hydroxylation is 1. The predicted octanol–water partition coefficient (Wildman–Crippen LogP) is 16.0. The summed E-state index contributed by atoms with van der Waals surface area (Å²) in [5, 5.41) is 3.50. The van der Waals surface area contributed by atoms with E-state index in [1.807, 2.05) is 118 Å². The zero-order chi connectivity index (χ0) is 48.8. The van der Waals surface area contributed by atoms with Crippen molar-refractivity contribution in [1.82, 2.24) is 9.97 Å². The van der Waals surface area contributed by atoms with Gasteiger partial charge in [0.1, 0.15) is 0 Å². The van der Waals surface area contributed by atoms with Crippen LogP contribution in [0.5, 0.6) is 0 Å². The van der Waals surface area contributed by atoms with Crippen LogP contribution in [0.3, 0.4) is 0 Å². The van der Waals surface area contributed by atoms with Crippen LogP contribution in [-0.2, 0) is 20.1 Å². The van der Waals surface area contributed by atoms with Gasteiger partial charge in [-0.25, -0.2) is 0 Å². The summed E-state index contributed by atoms with van der Waals surface area (Å²) in [6.07, 6.45) is 3.39. The maximum atomic E-state index is 9.26. The van der Waals surface area contributed by atoms with Crippen molar-refractivity contribution >= 4 is 44.8 Å². The second-order valence-electron chi connectivity index (χ2n) is 17.3. The fourth-order valence-corrected chi connectivity index (χ4v) is 10.7. The van der Waals surface area contributed by atoms with Crippen molar-refractivity contribution in [2.24, 2.45) is 0 Å². The number of fused-ring (bicyclic) bond motifs is 3. The molecule has 0 aliphatic rings. The van der Waals surface area contributed by atoms with E-state index < -0.39 is 32.6 Å². The van der Waals surface area contributed by atoms with Crippen LogP contribution in [0.25, 0.3) is 64.9 Å². The van der Waals surface area contributed by atoms with E-state index in [2.05, 4.69) is 85.3 Å². The van der Waals surface area contributed by atoms with Crippen LogP contribution >= 0.6 is 11.3 Å². The van der Waals surface area contributed by atoms with Crippen molar-refractivity contribution in [3.05, 3.63) is 198 Å². The Kier molecular flexibility index (Phi) is 11.9. The maximum Gasteiger partial charge on any atom is 0.0799 e. The molecule has 0 spiro atoms. The fourth-order valence-electron chi connectivity index (χ4n) is 7.92. The van der Waals surface area contributed by atoms with E-state index in [0.717, 1.165) is 75.9 Å². The van der Waals surface area contributed by atoms with Gasteiger partial charge in [-0.05, 0) is 78.9 Å². The van der Waals surface area contributed by atoms with E-state index in [4.69, 9.17) is 11.8 Å². The largest absolute Gasteiger partial charge is 0.305 e. The Hall–Kier alpha value is -5.29. The van der Waals surface area contributed by atoms with E-state index in [-0.39, 0.29) is 25.7 Å². The Morgan fingerprint density at radius 2 is 1.27 bits per heavy atom. The molecule has 0 fully saturated rings. The summed E-state index contributed by atoms with van der Waals surface area (Å²) in [7, 11) is -1.70. The average molecular weight is 1040 g/mol. The Labute approximate surface area is 402 Å². The molecular weight excluding hydrogens is 977 g/mol. The summed E-state index contributed by atoms with van der Waals surface area (Å²) >= 11 is 1.69. The number of hydrogen-bond acceptors (Lipinski definition) is 3. The Bertz CT molecular complexity index is 3230. The second-order valence-corrected chi connectivity index (χ2v) is 23.4. The Balaban J connectivity index is 0.000000210. The third-order valence-electron chi connectivity index (χ3n) is 11.4. The molecule has 6 aromatic carbocycles. The first-order chi connectivity index (χ1) is 32.0. The normalized spacial score (nSPS) is 14.4. The van der Waals surface area contributed by atoms with Crippen molar-refractivity contribution in [2.45, 2.75) is 78.8 Å². The molecule has 319 valence electrons. The van der Waals surface area contributed by atoms with Gasteiger partial charge in [-0.2, -0.15) is 11.3 Å². The van der Waals surface area contributed by atoms with Gasteiger partial charge in [-0.15, -0.1) is 53.1 Å². The molecule has 63 heavy (non-hydrogen) atoms. The first-order valence-corrected chi connectivity index (χ1v) is 25.5. The molecule has 9 rings (SSSR count). The van der Waals surface area contributed by atoms with E-state index >= 15 is 0 Å². The second kappa shape index (κ2) is 19.6. The summed E-state index contributed by atoms with van der Waals surface area (Å²) in [5.41, 5.74) is 11.2. The first kappa shape index (κ1) is 38.2. The van der Waals surface area contributed by atoms with Gasteiger partial charge in [0.05, 0.1) is 8.07 Å². The number of nitrogens with zero attached hydrogens (tertiary/aromatic N) is 2. The number of aromatic nitrogens is 2. The van der Waals surface area contributed by atoms with Crippen LogP contribution in [0.1, 0.15) is 88.3 Å². The number of pyridine rings is 2. The fraction of sp³-hybridized carbons (Fsp3) is 0.207. The van der Waals surface area contributed by atoms with Gasteiger partial charge in [0, 0.05) is 51.3 Å². The Morgan fingerprint density at radius 3 is 1.89 bits per heavy atom. The van der Waals surface area contributed by atoms with Crippen molar-refractivity contribution in [1.29, 1.82) is 0 Å². The van der Waals surface area contributed by atoms with E-state index in [9.17, 15) is 1.37 Å². The number of hydrogen-bond donors (Lipinski definition) is 0. The summed E-state index contributed by atoms with van der Waals surface area (Å²) in [6, 6.07) is 55.7. The molecule has 0 aliphatic carbocycles. The zero-order valence-corrected chi connectivity index (χ0v) is 41.4. The van der Waals surface area contributed by atoms with Crippen molar-refractivity contribution in [3.8, 4) is 44.8 Å². The number of thiophene rings is 1. The minimum atomic E-state index is -2.35. The molecule has 1 atom stereocenters.